The Hall–Kier alpha value is -1.66. The first kappa shape index (κ1) is 21.1. The molecule has 136 valence electrons. The van der Waals surface area contributed by atoms with E-state index in [1.165, 1.54) is 18.9 Å². The molecule has 0 unspecified atom stereocenters. The molecule has 0 N–H and O–H groups in total. The molecule has 0 spiro atoms. The summed E-state index contributed by atoms with van der Waals surface area (Å²) in [4.78, 5) is 15.4. The number of hydrogen-bond donors (Lipinski definition) is 0. The number of benzene rings is 2. The molecule has 28 heavy (non-hydrogen) atoms. The molecule has 1 fully saturated rings. The zero-order valence-corrected chi connectivity index (χ0v) is 19.1. The zero-order chi connectivity index (χ0) is 18.8. The van der Waals surface area contributed by atoms with Gasteiger partial charge in [0.25, 0.3) is 0 Å². The monoisotopic (exact) mass is 445 g/mol. The number of carbonyl (C=O) groups excluding carboxylic acids is 1. The Balaban J connectivity index is 0.00000225. The van der Waals surface area contributed by atoms with Gasteiger partial charge < -0.3 is 14.6 Å². The molecule has 1 saturated carbocycles. The largest absolute Gasteiger partial charge is 1.00 e. The molecule has 4 nitrogen and oxygen atoms in total. The number of ether oxygens (including phenoxy) is 1. The Labute approximate surface area is 194 Å². The van der Waals surface area contributed by atoms with Crippen LogP contribution in [0.5, 0.6) is 5.75 Å². The second-order valence-corrected chi connectivity index (χ2v) is 7.55. The Morgan fingerprint density at radius 2 is 1.79 bits per heavy atom. The fraction of sp³-hybridized carbons (Fsp3) is 0.182. The van der Waals surface area contributed by atoms with Gasteiger partial charge in [0.05, 0.1) is 24.0 Å². The maximum absolute atomic E-state index is 11.2. The Kier molecular flexibility index (Phi) is 6.94. The van der Waals surface area contributed by atoms with Crippen molar-refractivity contribution in [3.63, 3.8) is 0 Å². The van der Waals surface area contributed by atoms with Crippen LogP contribution in [0.4, 0.5) is 0 Å². The fourth-order valence-electron chi connectivity index (χ4n) is 2.97. The van der Waals surface area contributed by atoms with Crippen LogP contribution >= 0.6 is 15.9 Å². The predicted molar refractivity (Wildman–Crippen MR) is 105 cm³/mol. The third kappa shape index (κ3) is 4.84. The molecule has 6 heteroatoms. The SMILES string of the molecule is O=C([O-])c1cccc(-c2ccccc2-c2cc(Br)ccc2OCC2CC2)n1.[Na+]. The molecule has 4 rings (SSSR count). The summed E-state index contributed by atoms with van der Waals surface area (Å²) >= 11 is 3.54. The minimum atomic E-state index is -1.29. The van der Waals surface area contributed by atoms with Gasteiger partial charge in [-0.2, -0.15) is 0 Å². The summed E-state index contributed by atoms with van der Waals surface area (Å²) in [6, 6.07) is 18.6. The molecule has 1 aliphatic rings. The van der Waals surface area contributed by atoms with Crippen LogP contribution in [0.25, 0.3) is 22.4 Å². The molecule has 0 aliphatic heterocycles. The third-order valence-electron chi connectivity index (χ3n) is 4.56. The molecular weight excluding hydrogens is 429 g/mol. The van der Waals surface area contributed by atoms with Crippen molar-refractivity contribution in [3.8, 4) is 28.1 Å². The van der Waals surface area contributed by atoms with Gasteiger partial charge in [0.2, 0.25) is 0 Å². The van der Waals surface area contributed by atoms with Crippen LogP contribution in [0.2, 0.25) is 0 Å². The predicted octanol–water partition coefficient (Wildman–Crippen LogP) is 1.33. The summed E-state index contributed by atoms with van der Waals surface area (Å²) < 4.78 is 7.02. The molecule has 1 aromatic heterocycles. The van der Waals surface area contributed by atoms with E-state index in [4.69, 9.17) is 4.74 Å². The fourth-order valence-corrected chi connectivity index (χ4v) is 3.33. The number of aromatic nitrogens is 1. The normalized spacial score (nSPS) is 12.9. The van der Waals surface area contributed by atoms with Gasteiger partial charge in [-0.15, -0.1) is 0 Å². The smallest absolute Gasteiger partial charge is 0.543 e. The average molecular weight is 446 g/mol. The molecule has 1 heterocycles. The molecule has 2 aromatic carbocycles. The molecule has 3 aromatic rings. The molecule has 0 bridgehead atoms. The molecule has 0 amide bonds. The van der Waals surface area contributed by atoms with E-state index in [2.05, 4.69) is 20.9 Å². The molecular formula is C22H17BrNNaO3. The summed E-state index contributed by atoms with van der Waals surface area (Å²) in [5.41, 5.74) is 3.23. The summed E-state index contributed by atoms with van der Waals surface area (Å²) in [5.74, 6) is 0.178. The van der Waals surface area contributed by atoms with Crippen LogP contribution in [0.3, 0.4) is 0 Å². The van der Waals surface area contributed by atoms with Crippen molar-refractivity contribution in [2.24, 2.45) is 5.92 Å². The molecule has 0 saturated heterocycles. The van der Waals surface area contributed by atoms with Crippen molar-refractivity contribution < 1.29 is 44.2 Å². The van der Waals surface area contributed by atoms with E-state index in [1.54, 1.807) is 12.1 Å². The second-order valence-electron chi connectivity index (χ2n) is 6.64. The van der Waals surface area contributed by atoms with E-state index >= 15 is 0 Å². The third-order valence-corrected chi connectivity index (χ3v) is 5.06. The molecule has 1 aliphatic carbocycles. The van der Waals surface area contributed by atoms with Gasteiger partial charge in [0.1, 0.15) is 5.75 Å². The Morgan fingerprint density at radius 3 is 2.50 bits per heavy atom. The first-order chi connectivity index (χ1) is 13.1. The summed E-state index contributed by atoms with van der Waals surface area (Å²) in [7, 11) is 0. The van der Waals surface area contributed by atoms with Gasteiger partial charge >= 0.3 is 29.6 Å². The van der Waals surface area contributed by atoms with Crippen LogP contribution in [0.1, 0.15) is 23.3 Å². The van der Waals surface area contributed by atoms with Crippen LogP contribution in [-0.4, -0.2) is 17.6 Å². The van der Waals surface area contributed by atoms with Crippen molar-refractivity contribution in [2.45, 2.75) is 12.8 Å². The minimum Gasteiger partial charge on any atom is -0.543 e. The average Bonchev–Trinajstić information content (AvgIpc) is 3.51. The van der Waals surface area contributed by atoms with Gasteiger partial charge in [-0.1, -0.05) is 46.3 Å². The first-order valence-corrected chi connectivity index (χ1v) is 9.61. The van der Waals surface area contributed by atoms with E-state index in [0.29, 0.717) is 11.6 Å². The van der Waals surface area contributed by atoms with Crippen molar-refractivity contribution in [2.75, 3.05) is 6.61 Å². The van der Waals surface area contributed by atoms with Crippen molar-refractivity contribution in [1.82, 2.24) is 4.98 Å². The number of nitrogens with zero attached hydrogens (tertiary/aromatic N) is 1. The number of carbonyl (C=O) groups is 1. The maximum atomic E-state index is 11.2. The summed E-state index contributed by atoms with van der Waals surface area (Å²) in [5, 5.41) is 11.2. The first-order valence-electron chi connectivity index (χ1n) is 8.82. The standard InChI is InChI=1S/C22H18BrNO3.Na/c23-15-10-11-21(27-13-14-8-9-14)18(12-15)16-4-1-2-5-17(16)19-6-3-7-20(24-19)22(25)26;/h1-7,10-12,14H,8-9,13H2,(H,25,26);/q;+1/p-1. The van der Waals surface area contributed by atoms with Gasteiger partial charge in [-0.3, -0.25) is 0 Å². The van der Waals surface area contributed by atoms with Gasteiger partial charge in [0.15, 0.2) is 0 Å². The second kappa shape index (κ2) is 9.23. The van der Waals surface area contributed by atoms with E-state index in [1.807, 2.05) is 42.5 Å². The summed E-state index contributed by atoms with van der Waals surface area (Å²) in [6.07, 6.45) is 2.45. The quantitative estimate of drug-likeness (QED) is 0.537. The van der Waals surface area contributed by atoms with Gasteiger partial charge in [0, 0.05) is 15.6 Å². The van der Waals surface area contributed by atoms with Crippen molar-refractivity contribution in [1.29, 1.82) is 0 Å². The molecule has 0 radical (unpaired) electrons. The maximum Gasteiger partial charge on any atom is 1.00 e. The van der Waals surface area contributed by atoms with Gasteiger partial charge in [-0.05, 0) is 54.7 Å². The number of halogens is 1. The zero-order valence-electron chi connectivity index (χ0n) is 15.5. The van der Waals surface area contributed by atoms with Crippen LogP contribution in [0.15, 0.2) is 65.1 Å². The van der Waals surface area contributed by atoms with E-state index in [9.17, 15) is 9.90 Å². The molecule has 0 atom stereocenters. The summed E-state index contributed by atoms with van der Waals surface area (Å²) in [6.45, 7) is 0.717. The number of carboxylic acid groups (broad SMARTS) is 1. The number of rotatable bonds is 6. The Bertz CT molecular complexity index is 1000. The van der Waals surface area contributed by atoms with Crippen LogP contribution in [-0.2, 0) is 0 Å². The van der Waals surface area contributed by atoms with Crippen LogP contribution in [0, 0.1) is 5.92 Å². The minimum absolute atomic E-state index is 0. The number of carboxylic acids is 1. The number of pyridine rings is 1. The number of hydrogen-bond acceptors (Lipinski definition) is 4. The van der Waals surface area contributed by atoms with Gasteiger partial charge in [-0.25, -0.2) is 4.98 Å². The van der Waals surface area contributed by atoms with E-state index < -0.39 is 5.97 Å². The number of aromatic carboxylic acids is 1. The van der Waals surface area contributed by atoms with Crippen LogP contribution < -0.4 is 39.4 Å². The topological polar surface area (TPSA) is 62.2 Å². The van der Waals surface area contributed by atoms with Crippen molar-refractivity contribution >= 4 is 21.9 Å². The van der Waals surface area contributed by atoms with E-state index in [0.717, 1.165) is 33.5 Å². The van der Waals surface area contributed by atoms with E-state index in [-0.39, 0.29) is 35.3 Å². The Morgan fingerprint density at radius 1 is 1.04 bits per heavy atom. The van der Waals surface area contributed by atoms with Crippen molar-refractivity contribution in [3.05, 3.63) is 70.8 Å².